The molecule has 0 amide bonds. The first kappa shape index (κ1) is 25.4. The lowest BCUT2D eigenvalue weighted by molar-refractivity contribution is -0.117. The lowest BCUT2D eigenvalue weighted by atomic mass is 9.43. The first-order valence-corrected chi connectivity index (χ1v) is 15.8. The monoisotopic (exact) mass is 526 g/mol. The third-order valence-corrected chi connectivity index (χ3v) is 12.7. The summed E-state index contributed by atoms with van der Waals surface area (Å²) in [6.45, 7) is 12.9. The molecule has 0 aliphatic heterocycles. The Morgan fingerprint density at radius 1 is 0.824 bits per heavy atom. The lowest BCUT2D eigenvalue weighted by Gasteiger charge is -2.61. The van der Waals surface area contributed by atoms with Crippen molar-refractivity contribution in [1.29, 1.82) is 0 Å². The molecular formula is C33H51Br. The number of rotatable bonds is 6. The van der Waals surface area contributed by atoms with Crippen molar-refractivity contribution in [2.75, 3.05) is 0 Å². The van der Waals surface area contributed by atoms with Gasteiger partial charge < -0.3 is 0 Å². The fourth-order valence-corrected chi connectivity index (χ4v) is 10.6. The van der Waals surface area contributed by atoms with E-state index in [0.29, 0.717) is 10.8 Å². The van der Waals surface area contributed by atoms with Crippen LogP contribution in [0.15, 0.2) is 28.7 Å². The number of hydrogen-bond acceptors (Lipinski definition) is 0. The van der Waals surface area contributed by atoms with Crippen LogP contribution in [0.2, 0.25) is 0 Å². The quantitative estimate of drug-likeness (QED) is 0.345. The van der Waals surface area contributed by atoms with Crippen molar-refractivity contribution in [3.05, 3.63) is 34.3 Å². The maximum absolute atomic E-state index is 3.63. The normalized spacial score (nSPS) is 42.7. The maximum atomic E-state index is 3.63. The first-order chi connectivity index (χ1) is 16.2. The molecule has 1 aromatic carbocycles. The molecule has 0 radical (unpaired) electrons. The fourth-order valence-electron chi connectivity index (χ4n) is 10.3. The molecule has 9 atom stereocenters. The fraction of sp³-hybridized carbons (Fsp3) is 0.818. The smallest absolute Gasteiger partial charge is 0.0175 e. The van der Waals surface area contributed by atoms with Gasteiger partial charge >= 0.3 is 0 Å². The van der Waals surface area contributed by atoms with Gasteiger partial charge in [-0.15, -0.1) is 0 Å². The van der Waals surface area contributed by atoms with Gasteiger partial charge in [-0.25, -0.2) is 0 Å². The molecule has 5 rings (SSSR count). The summed E-state index contributed by atoms with van der Waals surface area (Å²) in [7, 11) is 0. The van der Waals surface area contributed by atoms with Gasteiger partial charge in [0.25, 0.3) is 0 Å². The summed E-state index contributed by atoms with van der Waals surface area (Å²) in [5.74, 6) is 7.58. The summed E-state index contributed by atoms with van der Waals surface area (Å²) in [5.41, 5.74) is 2.83. The van der Waals surface area contributed by atoms with Crippen molar-refractivity contribution >= 4 is 15.9 Å². The predicted molar refractivity (Wildman–Crippen MR) is 150 cm³/mol. The van der Waals surface area contributed by atoms with Crippen LogP contribution in [-0.4, -0.2) is 0 Å². The van der Waals surface area contributed by atoms with Gasteiger partial charge in [-0.05, 0) is 134 Å². The molecular weight excluding hydrogens is 476 g/mol. The van der Waals surface area contributed by atoms with Crippen LogP contribution in [0.1, 0.15) is 123 Å². The minimum absolute atomic E-state index is 0.608. The molecule has 4 fully saturated rings. The van der Waals surface area contributed by atoms with E-state index in [-0.39, 0.29) is 0 Å². The zero-order chi connectivity index (χ0) is 24.1. The minimum Gasteiger partial charge on any atom is -0.0628 e. The largest absolute Gasteiger partial charge is 0.0628 e. The van der Waals surface area contributed by atoms with Crippen LogP contribution < -0.4 is 0 Å². The van der Waals surface area contributed by atoms with E-state index in [4.69, 9.17) is 0 Å². The molecule has 4 saturated carbocycles. The van der Waals surface area contributed by atoms with E-state index in [0.717, 1.165) is 47.3 Å². The molecule has 1 heteroatoms. The molecule has 0 aromatic heterocycles. The van der Waals surface area contributed by atoms with E-state index in [1.165, 1.54) is 75.1 Å². The van der Waals surface area contributed by atoms with Crippen molar-refractivity contribution in [1.82, 2.24) is 0 Å². The topological polar surface area (TPSA) is 0 Å². The Bertz CT molecular complexity index is 825. The minimum atomic E-state index is 0.608. The second-order valence-corrected chi connectivity index (χ2v) is 15.1. The summed E-state index contributed by atoms with van der Waals surface area (Å²) >= 11 is 3.63. The van der Waals surface area contributed by atoms with E-state index in [2.05, 4.69) is 74.8 Å². The van der Waals surface area contributed by atoms with Gasteiger partial charge in [0, 0.05) is 4.47 Å². The Hall–Kier alpha value is -0.300. The van der Waals surface area contributed by atoms with Crippen LogP contribution in [0.25, 0.3) is 0 Å². The summed E-state index contributed by atoms with van der Waals surface area (Å²) in [4.78, 5) is 0. The highest BCUT2D eigenvalue weighted by molar-refractivity contribution is 9.10. The maximum Gasteiger partial charge on any atom is 0.0175 e. The van der Waals surface area contributed by atoms with Crippen molar-refractivity contribution in [3.63, 3.8) is 0 Å². The summed E-state index contributed by atoms with van der Waals surface area (Å²) in [6, 6.07) is 9.27. The third-order valence-electron chi connectivity index (χ3n) is 12.2. The van der Waals surface area contributed by atoms with Crippen LogP contribution >= 0.6 is 15.9 Å². The Morgan fingerprint density at radius 2 is 1.53 bits per heavy atom. The second-order valence-electron chi connectivity index (χ2n) is 14.2. The van der Waals surface area contributed by atoms with Crippen molar-refractivity contribution in [2.45, 2.75) is 118 Å². The van der Waals surface area contributed by atoms with Gasteiger partial charge in [0.15, 0.2) is 0 Å². The Morgan fingerprint density at radius 3 is 2.26 bits per heavy atom. The molecule has 0 heterocycles. The first-order valence-electron chi connectivity index (χ1n) is 15.0. The lowest BCUT2D eigenvalue weighted by Crippen LogP contribution is -2.53. The average Bonchev–Trinajstić information content (AvgIpc) is 3.16. The molecule has 1 aromatic rings. The predicted octanol–water partition coefficient (Wildman–Crippen LogP) is 10.7. The van der Waals surface area contributed by atoms with Crippen LogP contribution in [0, 0.1) is 52.3 Å². The van der Waals surface area contributed by atoms with Crippen LogP contribution in [-0.2, 0) is 0 Å². The molecule has 0 spiro atoms. The van der Waals surface area contributed by atoms with Crippen molar-refractivity contribution < 1.29 is 0 Å². The van der Waals surface area contributed by atoms with E-state index >= 15 is 0 Å². The summed E-state index contributed by atoms with van der Waals surface area (Å²) in [5, 5.41) is 0. The van der Waals surface area contributed by atoms with E-state index in [9.17, 15) is 0 Å². The van der Waals surface area contributed by atoms with Crippen molar-refractivity contribution in [3.8, 4) is 0 Å². The van der Waals surface area contributed by atoms with E-state index < -0.39 is 0 Å². The summed E-state index contributed by atoms with van der Waals surface area (Å²) < 4.78 is 1.21. The van der Waals surface area contributed by atoms with E-state index in [1.54, 1.807) is 12.0 Å². The number of halogens is 1. The van der Waals surface area contributed by atoms with Gasteiger partial charge in [0.05, 0.1) is 0 Å². The number of fused-ring (bicyclic) bond motifs is 5. The van der Waals surface area contributed by atoms with Gasteiger partial charge in [-0.2, -0.15) is 0 Å². The van der Waals surface area contributed by atoms with Gasteiger partial charge in [-0.1, -0.05) is 81.9 Å². The van der Waals surface area contributed by atoms with Crippen LogP contribution in [0.4, 0.5) is 0 Å². The summed E-state index contributed by atoms with van der Waals surface area (Å²) in [6.07, 6.45) is 17.8. The Balaban J connectivity index is 1.27. The number of hydrogen-bond donors (Lipinski definition) is 0. The number of benzene rings is 1. The average molecular weight is 528 g/mol. The van der Waals surface area contributed by atoms with Gasteiger partial charge in [0.1, 0.15) is 0 Å². The molecule has 0 nitrogen and oxygen atoms in total. The Labute approximate surface area is 219 Å². The van der Waals surface area contributed by atoms with Gasteiger partial charge in [-0.3, -0.25) is 0 Å². The second kappa shape index (κ2) is 9.87. The van der Waals surface area contributed by atoms with Gasteiger partial charge in [0.2, 0.25) is 0 Å². The molecule has 4 aliphatic rings. The standard InChI is InChI=1S/C33H51Br/c1-22(2)7-6-8-23(3)29-15-16-30-28-14-11-26-21-25(24-9-12-27(34)13-10-24)17-19-32(26,4)31(28)18-20-33(29,30)5/h9-10,12-13,22-23,25-26,28-31H,6-8,11,14-21H2,1-5H3/t23-,25?,26+,28+,29-,30+,31+,32+,33-/m1/s1. The highest BCUT2D eigenvalue weighted by Gasteiger charge is 2.60. The molecule has 0 N–H and O–H groups in total. The molecule has 0 bridgehead atoms. The van der Waals surface area contributed by atoms with E-state index in [1.807, 2.05) is 0 Å². The third kappa shape index (κ3) is 4.48. The Kier molecular flexibility index (Phi) is 7.36. The zero-order valence-corrected chi connectivity index (χ0v) is 24.4. The molecule has 0 saturated heterocycles. The van der Waals surface area contributed by atoms with Crippen LogP contribution in [0.5, 0.6) is 0 Å². The highest BCUT2D eigenvalue weighted by atomic mass is 79.9. The molecule has 1 unspecified atom stereocenters. The van der Waals surface area contributed by atoms with Crippen LogP contribution in [0.3, 0.4) is 0 Å². The zero-order valence-electron chi connectivity index (χ0n) is 22.8. The molecule has 4 aliphatic carbocycles. The SMILES string of the molecule is CC(C)CCC[C@@H](C)[C@H]1CC[C@H]2[C@@H]3CC[C@H]4CC(c5ccc(Br)cc5)CC[C@]4(C)[C@H]3CC[C@]12C. The van der Waals surface area contributed by atoms with Crippen molar-refractivity contribution in [2.24, 2.45) is 52.3 Å². The molecule has 190 valence electrons. The highest BCUT2D eigenvalue weighted by Crippen LogP contribution is 2.69. The molecule has 34 heavy (non-hydrogen) atoms.